The van der Waals surface area contributed by atoms with Gasteiger partial charge < -0.3 is 9.64 Å². The van der Waals surface area contributed by atoms with Crippen LogP contribution in [0.4, 0.5) is 0 Å². The van der Waals surface area contributed by atoms with Crippen LogP contribution in [0.1, 0.15) is 34.3 Å². The molecule has 2 aromatic rings. The van der Waals surface area contributed by atoms with E-state index in [0.29, 0.717) is 30.4 Å². The number of amides is 1. The standard InChI is InChI=1S/C13H15ClN6O2/c1-7-11(14)12(17-16-7)13(21)19-3-2-10-9(5-19)20-8(6-22-10)4-15-18-20/h4,9-10H,2-3,5-6H2,1H3,(H,16,17)/t9-,10+/m1/s1. The molecule has 8 nitrogen and oxygen atoms in total. The molecule has 4 rings (SSSR count). The molecule has 0 unspecified atom stereocenters. The van der Waals surface area contributed by atoms with Gasteiger partial charge in [-0.15, -0.1) is 5.10 Å². The van der Waals surface area contributed by atoms with Crippen molar-refractivity contribution in [2.45, 2.75) is 32.1 Å². The van der Waals surface area contributed by atoms with Crippen molar-refractivity contribution in [1.82, 2.24) is 30.1 Å². The van der Waals surface area contributed by atoms with E-state index in [2.05, 4.69) is 20.5 Å². The number of piperidine rings is 1. The molecule has 22 heavy (non-hydrogen) atoms. The predicted octanol–water partition coefficient (Wildman–Crippen LogP) is 0.949. The van der Waals surface area contributed by atoms with E-state index in [1.54, 1.807) is 18.0 Å². The van der Waals surface area contributed by atoms with Crippen LogP contribution in [0.3, 0.4) is 0 Å². The lowest BCUT2D eigenvalue weighted by Gasteiger charge is -2.40. The second-order valence-corrected chi connectivity index (χ2v) is 6.02. The number of aromatic amines is 1. The van der Waals surface area contributed by atoms with Crippen molar-refractivity contribution in [2.24, 2.45) is 0 Å². The average molecular weight is 323 g/mol. The summed E-state index contributed by atoms with van der Waals surface area (Å²) in [5.41, 5.74) is 1.90. The van der Waals surface area contributed by atoms with Crippen molar-refractivity contribution in [3.05, 3.63) is 28.3 Å². The lowest BCUT2D eigenvalue weighted by Crippen LogP contribution is -2.50. The maximum absolute atomic E-state index is 12.6. The van der Waals surface area contributed by atoms with Gasteiger partial charge in [0, 0.05) is 13.1 Å². The zero-order valence-corrected chi connectivity index (χ0v) is 12.7. The summed E-state index contributed by atoms with van der Waals surface area (Å²) in [6.45, 7) is 3.44. The summed E-state index contributed by atoms with van der Waals surface area (Å²) < 4.78 is 7.71. The zero-order valence-electron chi connectivity index (χ0n) is 12.0. The number of aryl methyl sites for hydroxylation is 1. The zero-order chi connectivity index (χ0) is 15.3. The molecule has 0 radical (unpaired) electrons. The van der Waals surface area contributed by atoms with Crippen LogP contribution in [0, 0.1) is 6.92 Å². The third-order valence-corrected chi connectivity index (χ3v) is 4.75. The molecular formula is C13H15ClN6O2. The number of likely N-dealkylation sites (tertiary alicyclic amines) is 1. The summed E-state index contributed by atoms with van der Waals surface area (Å²) in [6, 6.07) is -0.0113. The van der Waals surface area contributed by atoms with Crippen LogP contribution in [0.25, 0.3) is 0 Å². The lowest BCUT2D eigenvalue weighted by molar-refractivity contribution is -0.0605. The van der Waals surface area contributed by atoms with Gasteiger partial charge in [-0.2, -0.15) is 5.10 Å². The van der Waals surface area contributed by atoms with Crippen molar-refractivity contribution < 1.29 is 9.53 Å². The fourth-order valence-electron chi connectivity index (χ4n) is 3.07. The summed E-state index contributed by atoms with van der Waals surface area (Å²) in [4.78, 5) is 14.4. The number of aromatic nitrogens is 5. The van der Waals surface area contributed by atoms with Crippen molar-refractivity contribution in [3.63, 3.8) is 0 Å². The molecule has 1 saturated heterocycles. The molecule has 0 aromatic carbocycles. The lowest BCUT2D eigenvalue weighted by atomic mass is 10.00. The number of halogens is 1. The van der Waals surface area contributed by atoms with E-state index in [4.69, 9.17) is 16.3 Å². The van der Waals surface area contributed by atoms with Crippen LogP contribution in [0.2, 0.25) is 5.02 Å². The first-order valence-electron chi connectivity index (χ1n) is 7.15. The first-order chi connectivity index (χ1) is 10.6. The molecule has 9 heteroatoms. The molecule has 1 amide bonds. The van der Waals surface area contributed by atoms with E-state index < -0.39 is 0 Å². The SMILES string of the molecule is Cc1[nH]nc(C(=O)N2CC[C@@H]3OCc4cnnn4[C@@H]3C2)c1Cl. The van der Waals surface area contributed by atoms with E-state index >= 15 is 0 Å². The highest BCUT2D eigenvalue weighted by atomic mass is 35.5. The first kappa shape index (κ1) is 13.7. The fourth-order valence-corrected chi connectivity index (χ4v) is 3.24. The number of carbonyl (C=O) groups is 1. The van der Waals surface area contributed by atoms with Crippen molar-refractivity contribution >= 4 is 17.5 Å². The summed E-state index contributed by atoms with van der Waals surface area (Å²) in [7, 11) is 0. The summed E-state index contributed by atoms with van der Waals surface area (Å²) in [5.74, 6) is -0.167. The molecular weight excluding hydrogens is 308 g/mol. The molecule has 2 aliphatic heterocycles. The van der Waals surface area contributed by atoms with Gasteiger partial charge in [-0.05, 0) is 13.3 Å². The number of carbonyl (C=O) groups excluding carboxylic acids is 1. The van der Waals surface area contributed by atoms with E-state index in [-0.39, 0.29) is 23.7 Å². The van der Waals surface area contributed by atoms with Gasteiger partial charge in [-0.3, -0.25) is 9.89 Å². The molecule has 1 fully saturated rings. The summed E-state index contributed by atoms with van der Waals surface area (Å²) in [5, 5.41) is 15.2. The van der Waals surface area contributed by atoms with Crippen LogP contribution in [0.5, 0.6) is 0 Å². The van der Waals surface area contributed by atoms with E-state index in [1.807, 2.05) is 4.68 Å². The third-order valence-electron chi connectivity index (χ3n) is 4.29. The van der Waals surface area contributed by atoms with Crippen molar-refractivity contribution in [3.8, 4) is 0 Å². The Kier molecular flexibility index (Phi) is 3.16. The molecule has 2 aliphatic rings. The molecule has 116 valence electrons. The topological polar surface area (TPSA) is 88.9 Å². The van der Waals surface area contributed by atoms with Crippen molar-refractivity contribution in [1.29, 1.82) is 0 Å². The minimum atomic E-state index is -0.167. The Morgan fingerprint density at radius 3 is 3.18 bits per heavy atom. The van der Waals surface area contributed by atoms with Crippen LogP contribution in [-0.4, -0.2) is 55.2 Å². The molecule has 0 bridgehead atoms. The normalized spacial score (nSPS) is 24.0. The highest BCUT2D eigenvalue weighted by Gasteiger charge is 2.38. The van der Waals surface area contributed by atoms with Gasteiger partial charge in [-0.1, -0.05) is 16.8 Å². The van der Waals surface area contributed by atoms with Crippen LogP contribution >= 0.6 is 11.6 Å². The average Bonchev–Trinajstić information content (AvgIpc) is 3.14. The second kappa shape index (κ2) is 5.06. The van der Waals surface area contributed by atoms with Crippen molar-refractivity contribution in [2.75, 3.05) is 13.1 Å². The van der Waals surface area contributed by atoms with Gasteiger partial charge >= 0.3 is 0 Å². The molecule has 1 N–H and O–H groups in total. The van der Waals surface area contributed by atoms with E-state index in [0.717, 1.165) is 12.1 Å². The second-order valence-electron chi connectivity index (χ2n) is 5.64. The van der Waals surface area contributed by atoms with E-state index in [1.165, 1.54) is 0 Å². The molecule has 4 heterocycles. The van der Waals surface area contributed by atoms with Crippen LogP contribution < -0.4 is 0 Å². The third kappa shape index (κ3) is 2.02. The number of hydrogen-bond acceptors (Lipinski definition) is 5. The van der Waals surface area contributed by atoms with E-state index in [9.17, 15) is 4.79 Å². The maximum atomic E-state index is 12.6. The minimum absolute atomic E-state index is 0.0113. The number of rotatable bonds is 1. The highest BCUT2D eigenvalue weighted by Crippen LogP contribution is 2.31. The summed E-state index contributed by atoms with van der Waals surface area (Å²) >= 11 is 6.13. The number of hydrogen-bond donors (Lipinski definition) is 1. The number of fused-ring (bicyclic) bond motifs is 3. The Hall–Kier alpha value is -1.93. The monoisotopic (exact) mass is 322 g/mol. The minimum Gasteiger partial charge on any atom is -0.370 e. The number of H-pyrrole nitrogens is 1. The highest BCUT2D eigenvalue weighted by molar-refractivity contribution is 6.34. The van der Waals surface area contributed by atoms with Crippen LogP contribution in [0.15, 0.2) is 6.20 Å². The van der Waals surface area contributed by atoms with Gasteiger partial charge in [0.05, 0.1) is 41.4 Å². The quantitative estimate of drug-likeness (QED) is 0.844. The number of ether oxygens (including phenoxy) is 1. The van der Waals surface area contributed by atoms with Gasteiger partial charge in [0.25, 0.3) is 5.91 Å². The molecule has 0 aliphatic carbocycles. The molecule has 2 aromatic heterocycles. The Labute approximate surface area is 131 Å². The largest absolute Gasteiger partial charge is 0.370 e. The Balaban J connectivity index is 1.59. The molecule has 2 atom stereocenters. The Morgan fingerprint density at radius 1 is 1.55 bits per heavy atom. The Bertz CT molecular complexity index is 726. The summed E-state index contributed by atoms with van der Waals surface area (Å²) in [6.07, 6.45) is 2.52. The predicted molar refractivity (Wildman–Crippen MR) is 76.5 cm³/mol. The van der Waals surface area contributed by atoms with Gasteiger partial charge in [0.2, 0.25) is 0 Å². The smallest absolute Gasteiger partial charge is 0.275 e. The number of nitrogens with zero attached hydrogens (tertiary/aromatic N) is 5. The number of nitrogens with one attached hydrogen (secondary N) is 1. The van der Waals surface area contributed by atoms with Gasteiger partial charge in [0.1, 0.15) is 0 Å². The molecule has 0 saturated carbocycles. The van der Waals surface area contributed by atoms with Gasteiger partial charge in [0.15, 0.2) is 5.69 Å². The van der Waals surface area contributed by atoms with Gasteiger partial charge in [-0.25, -0.2) is 4.68 Å². The molecule has 0 spiro atoms. The van der Waals surface area contributed by atoms with Crippen LogP contribution in [-0.2, 0) is 11.3 Å². The maximum Gasteiger partial charge on any atom is 0.275 e. The Morgan fingerprint density at radius 2 is 2.41 bits per heavy atom. The fraction of sp³-hybridized carbons (Fsp3) is 0.538. The first-order valence-corrected chi connectivity index (χ1v) is 7.53.